The first-order valence-corrected chi connectivity index (χ1v) is 7.91. The van der Waals surface area contributed by atoms with Crippen molar-refractivity contribution in [2.24, 2.45) is 5.92 Å². The molecule has 1 N–H and O–H groups in total. The van der Waals surface area contributed by atoms with Crippen molar-refractivity contribution < 1.29 is 5.11 Å². The molecule has 0 amide bonds. The van der Waals surface area contributed by atoms with E-state index < -0.39 is 0 Å². The standard InChI is InChI=1S/C19H30O/c1-18(2,3)15-10-14(17(20)9-13-7-8-13)11-16(12-15)19(4,5)6/h10-13,17,20H,7-9H2,1-6H3. The molecule has 1 aromatic carbocycles. The molecule has 1 nitrogen and oxygen atoms in total. The zero-order chi connectivity index (χ0) is 15.1. The van der Waals surface area contributed by atoms with Crippen LogP contribution in [0.4, 0.5) is 0 Å². The van der Waals surface area contributed by atoms with Gasteiger partial charge in [-0.05, 0) is 39.9 Å². The quantitative estimate of drug-likeness (QED) is 0.811. The minimum absolute atomic E-state index is 0.120. The predicted molar refractivity (Wildman–Crippen MR) is 86.1 cm³/mol. The number of aliphatic hydroxyl groups is 1. The summed E-state index contributed by atoms with van der Waals surface area (Å²) in [4.78, 5) is 0. The molecule has 1 heteroatoms. The van der Waals surface area contributed by atoms with Gasteiger partial charge in [0.15, 0.2) is 0 Å². The molecule has 0 radical (unpaired) electrons. The van der Waals surface area contributed by atoms with Crippen LogP contribution in [-0.2, 0) is 10.8 Å². The molecule has 2 rings (SSSR count). The van der Waals surface area contributed by atoms with Gasteiger partial charge in [-0.1, -0.05) is 72.6 Å². The van der Waals surface area contributed by atoms with Gasteiger partial charge in [-0.2, -0.15) is 0 Å². The van der Waals surface area contributed by atoms with Crippen molar-refractivity contribution in [2.75, 3.05) is 0 Å². The van der Waals surface area contributed by atoms with Gasteiger partial charge in [-0.25, -0.2) is 0 Å². The highest BCUT2D eigenvalue weighted by Crippen LogP contribution is 2.39. The van der Waals surface area contributed by atoms with Crippen LogP contribution in [0.25, 0.3) is 0 Å². The predicted octanol–water partition coefficient (Wildman–Crippen LogP) is 5.12. The molecule has 0 saturated heterocycles. The Balaban J connectivity index is 2.39. The lowest BCUT2D eigenvalue weighted by molar-refractivity contribution is 0.160. The van der Waals surface area contributed by atoms with Gasteiger partial charge < -0.3 is 5.11 Å². The molecule has 20 heavy (non-hydrogen) atoms. The average molecular weight is 274 g/mol. The first-order valence-electron chi connectivity index (χ1n) is 7.91. The van der Waals surface area contributed by atoms with Crippen molar-refractivity contribution in [1.29, 1.82) is 0 Å². The monoisotopic (exact) mass is 274 g/mol. The highest BCUT2D eigenvalue weighted by atomic mass is 16.3. The molecule has 1 aliphatic rings. The van der Waals surface area contributed by atoms with Crippen LogP contribution >= 0.6 is 0 Å². The Labute approximate surface area is 124 Å². The minimum Gasteiger partial charge on any atom is -0.388 e. The van der Waals surface area contributed by atoms with E-state index >= 15 is 0 Å². The molecular formula is C19H30O. The van der Waals surface area contributed by atoms with Crippen LogP contribution in [0.15, 0.2) is 18.2 Å². The Bertz CT molecular complexity index is 437. The Kier molecular flexibility index (Phi) is 4.03. The fourth-order valence-corrected chi connectivity index (χ4v) is 2.52. The van der Waals surface area contributed by atoms with E-state index in [-0.39, 0.29) is 16.9 Å². The van der Waals surface area contributed by atoms with Crippen LogP contribution in [0.2, 0.25) is 0 Å². The average Bonchev–Trinajstić information content (AvgIpc) is 3.10. The Morgan fingerprint density at radius 1 is 0.950 bits per heavy atom. The van der Waals surface area contributed by atoms with Crippen LogP contribution < -0.4 is 0 Å². The third-order valence-electron chi connectivity index (χ3n) is 4.33. The van der Waals surface area contributed by atoms with Crippen molar-refractivity contribution in [3.8, 4) is 0 Å². The third-order valence-corrected chi connectivity index (χ3v) is 4.33. The SMILES string of the molecule is CC(C)(C)c1cc(C(O)CC2CC2)cc(C(C)(C)C)c1. The Morgan fingerprint density at radius 3 is 1.75 bits per heavy atom. The lowest BCUT2D eigenvalue weighted by atomic mass is 9.79. The smallest absolute Gasteiger partial charge is 0.0792 e. The van der Waals surface area contributed by atoms with Gasteiger partial charge in [0.05, 0.1) is 6.10 Å². The maximum absolute atomic E-state index is 10.5. The molecule has 1 fully saturated rings. The molecular weight excluding hydrogens is 244 g/mol. The summed E-state index contributed by atoms with van der Waals surface area (Å²) in [7, 11) is 0. The zero-order valence-electron chi connectivity index (χ0n) is 14.0. The first-order chi connectivity index (χ1) is 9.07. The summed E-state index contributed by atoms with van der Waals surface area (Å²) in [5.74, 6) is 0.751. The molecule has 0 aliphatic heterocycles. The first kappa shape index (κ1) is 15.6. The minimum atomic E-state index is -0.300. The van der Waals surface area contributed by atoms with E-state index in [1.165, 1.54) is 24.0 Å². The van der Waals surface area contributed by atoms with Crippen molar-refractivity contribution in [2.45, 2.75) is 77.7 Å². The summed E-state index contributed by atoms with van der Waals surface area (Å²) in [6.45, 7) is 13.5. The summed E-state index contributed by atoms with van der Waals surface area (Å²) < 4.78 is 0. The topological polar surface area (TPSA) is 20.2 Å². The van der Waals surface area contributed by atoms with Gasteiger partial charge in [0.25, 0.3) is 0 Å². The summed E-state index contributed by atoms with van der Waals surface area (Å²) in [6, 6.07) is 6.73. The third kappa shape index (κ3) is 3.85. The second-order valence-corrected chi connectivity index (χ2v) is 8.54. The number of rotatable bonds is 3. The number of benzene rings is 1. The Hall–Kier alpha value is -0.820. The molecule has 0 spiro atoms. The van der Waals surface area contributed by atoms with Gasteiger partial charge in [0, 0.05) is 0 Å². The van der Waals surface area contributed by atoms with Gasteiger partial charge in [-0.15, -0.1) is 0 Å². The number of aliphatic hydroxyl groups excluding tert-OH is 1. The largest absolute Gasteiger partial charge is 0.388 e. The van der Waals surface area contributed by atoms with E-state index in [1.807, 2.05) is 0 Å². The van der Waals surface area contributed by atoms with Crippen LogP contribution in [0, 0.1) is 5.92 Å². The van der Waals surface area contributed by atoms with Crippen molar-refractivity contribution in [3.63, 3.8) is 0 Å². The van der Waals surface area contributed by atoms with Crippen molar-refractivity contribution in [3.05, 3.63) is 34.9 Å². The van der Waals surface area contributed by atoms with Crippen LogP contribution in [0.1, 0.15) is 83.6 Å². The van der Waals surface area contributed by atoms with Gasteiger partial charge in [0.1, 0.15) is 0 Å². The summed E-state index contributed by atoms with van der Waals surface area (Å²) in [5.41, 5.74) is 4.00. The molecule has 1 unspecified atom stereocenters. The number of hydrogen-bond acceptors (Lipinski definition) is 1. The zero-order valence-corrected chi connectivity index (χ0v) is 14.0. The normalized spacial score (nSPS) is 18.1. The van der Waals surface area contributed by atoms with E-state index in [0.29, 0.717) is 0 Å². The fourth-order valence-electron chi connectivity index (χ4n) is 2.52. The lowest BCUT2D eigenvalue weighted by Gasteiger charge is -2.27. The van der Waals surface area contributed by atoms with E-state index in [9.17, 15) is 5.11 Å². The van der Waals surface area contributed by atoms with Crippen LogP contribution in [-0.4, -0.2) is 5.11 Å². The van der Waals surface area contributed by atoms with Crippen LogP contribution in [0.5, 0.6) is 0 Å². The molecule has 1 aromatic rings. The van der Waals surface area contributed by atoms with Gasteiger partial charge in [-0.3, -0.25) is 0 Å². The maximum atomic E-state index is 10.5. The summed E-state index contributed by atoms with van der Waals surface area (Å²) in [5, 5.41) is 10.5. The number of hydrogen-bond donors (Lipinski definition) is 1. The summed E-state index contributed by atoms with van der Waals surface area (Å²) >= 11 is 0. The van der Waals surface area contributed by atoms with Crippen molar-refractivity contribution >= 4 is 0 Å². The van der Waals surface area contributed by atoms with E-state index in [2.05, 4.69) is 59.7 Å². The molecule has 112 valence electrons. The Morgan fingerprint density at radius 2 is 1.40 bits per heavy atom. The highest BCUT2D eigenvalue weighted by Gasteiger charge is 2.27. The second kappa shape index (κ2) is 5.18. The highest BCUT2D eigenvalue weighted by molar-refractivity contribution is 5.38. The fraction of sp³-hybridized carbons (Fsp3) is 0.684. The lowest BCUT2D eigenvalue weighted by Crippen LogP contribution is -2.17. The van der Waals surface area contributed by atoms with Crippen LogP contribution in [0.3, 0.4) is 0 Å². The molecule has 1 atom stereocenters. The maximum Gasteiger partial charge on any atom is 0.0792 e. The van der Waals surface area contributed by atoms with E-state index in [1.54, 1.807) is 0 Å². The summed E-state index contributed by atoms with van der Waals surface area (Å²) in [6.07, 6.45) is 3.22. The second-order valence-electron chi connectivity index (χ2n) is 8.54. The van der Waals surface area contributed by atoms with E-state index in [0.717, 1.165) is 17.9 Å². The molecule has 0 aromatic heterocycles. The van der Waals surface area contributed by atoms with Gasteiger partial charge >= 0.3 is 0 Å². The van der Waals surface area contributed by atoms with Crippen molar-refractivity contribution in [1.82, 2.24) is 0 Å². The van der Waals surface area contributed by atoms with E-state index in [4.69, 9.17) is 0 Å². The molecule has 0 heterocycles. The van der Waals surface area contributed by atoms with Gasteiger partial charge in [0.2, 0.25) is 0 Å². The molecule has 1 saturated carbocycles. The molecule has 0 bridgehead atoms. The molecule has 1 aliphatic carbocycles.